The summed E-state index contributed by atoms with van der Waals surface area (Å²) in [4.78, 5) is 19.1. The van der Waals surface area contributed by atoms with Crippen LogP contribution in [0.4, 0.5) is 10.5 Å². The van der Waals surface area contributed by atoms with Crippen molar-refractivity contribution in [2.24, 2.45) is 0 Å². The maximum atomic E-state index is 13.1. The number of nitriles is 1. The first-order valence-corrected chi connectivity index (χ1v) is 13.0. The second-order valence-corrected chi connectivity index (χ2v) is 10.5. The van der Waals surface area contributed by atoms with Gasteiger partial charge < -0.3 is 14.5 Å². The highest BCUT2D eigenvalue weighted by Crippen LogP contribution is 2.38. The summed E-state index contributed by atoms with van der Waals surface area (Å²) in [5.41, 5.74) is 4.61. The van der Waals surface area contributed by atoms with Crippen molar-refractivity contribution < 1.29 is 22.4 Å². The molecule has 186 valence electrons. The smallest absolute Gasteiger partial charge is 0.333 e. The molecule has 10 nitrogen and oxygen atoms in total. The number of urea groups is 1. The van der Waals surface area contributed by atoms with Crippen LogP contribution in [0, 0.1) is 11.3 Å². The number of rotatable bonds is 5. The molecule has 36 heavy (non-hydrogen) atoms. The Morgan fingerprint density at radius 3 is 2.83 bits per heavy atom. The number of methoxy groups -OCH3 is 1. The zero-order valence-electron chi connectivity index (χ0n) is 19.9. The van der Waals surface area contributed by atoms with Gasteiger partial charge in [-0.1, -0.05) is 12.1 Å². The van der Waals surface area contributed by atoms with Crippen LogP contribution in [0.1, 0.15) is 34.4 Å². The van der Waals surface area contributed by atoms with Crippen LogP contribution in [0.15, 0.2) is 40.0 Å². The van der Waals surface area contributed by atoms with Gasteiger partial charge in [0.2, 0.25) is 5.88 Å². The molecule has 1 aliphatic carbocycles. The predicted octanol–water partition coefficient (Wildman–Crippen LogP) is 3.21. The van der Waals surface area contributed by atoms with Crippen molar-refractivity contribution in [3.05, 3.63) is 58.5 Å². The molecule has 3 heterocycles. The van der Waals surface area contributed by atoms with Gasteiger partial charge in [0.15, 0.2) is 0 Å². The van der Waals surface area contributed by atoms with Crippen LogP contribution in [0.3, 0.4) is 0 Å². The van der Waals surface area contributed by atoms with E-state index in [0.717, 1.165) is 41.5 Å². The highest BCUT2D eigenvalue weighted by Gasteiger charge is 2.33. The van der Waals surface area contributed by atoms with E-state index in [4.69, 9.17) is 9.15 Å². The summed E-state index contributed by atoms with van der Waals surface area (Å²) in [5.74, 6) is 0.846. The fourth-order valence-electron chi connectivity index (χ4n) is 4.85. The Morgan fingerprint density at radius 2 is 2.06 bits per heavy atom. The summed E-state index contributed by atoms with van der Waals surface area (Å²) in [6.45, 7) is 1.07. The van der Waals surface area contributed by atoms with Crippen LogP contribution < -0.4 is 14.8 Å². The van der Waals surface area contributed by atoms with Crippen molar-refractivity contribution in [2.45, 2.75) is 37.3 Å². The number of nitrogens with zero attached hydrogens (tertiary/aromatic N) is 3. The molecule has 5 rings (SSSR count). The maximum absolute atomic E-state index is 13.1. The molecule has 0 saturated heterocycles. The average molecular weight is 508 g/mol. The van der Waals surface area contributed by atoms with Crippen molar-refractivity contribution in [3.63, 3.8) is 0 Å². The van der Waals surface area contributed by atoms with Crippen LogP contribution in [0.25, 0.3) is 11.1 Å². The molecule has 0 radical (unpaired) electrons. The SMILES string of the molecule is COc1cc(-c2ccc3c(c2NC(=O)NS(=O)(=O)c2oc4c(c2C#N)CCN(C)C4)CCC3)ccn1. The minimum Gasteiger partial charge on any atom is -0.481 e. The Morgan fingerprint density at radius 1 is 1.22 bits per heavy atom. The maximum Gasteiger partial charge on any atom is 0.333 e. The Labute approximate surface area is 208 Å². The van der Waals surface area contributed by atoms with Crippen LogP contribution >= 0.6 is 0 Å². The number of aryl methyl sites for hydroxylation is 1. The van der Waals surface area contributed by atoms with Crippen LogP contribution in [-0.4, -0.2) is 45.0 Å². The molecule has 1 aromatic carbocycles. The van der Waals surface area contributed by atoms with Gasteiger partial charge in [-0.2, -0.15) is 13.7 Å². The fraction of sp³-hybridized carbons (Fsp3) is 0.320. The third-order valence-electron chi connectivity index (χ3n) is 6.57. The molecule has 0 atom stereocenters. The number of sulfonamides is 1. The van der Waals surface area contributed by atoms with Crippen molar-refractivity contribution in [2.75, 3.05) is 26.0 Å². The van der Waals surface area contributed by atoms with Crippen LogP contribution in [0.5, 0.6) is 5.88 Å². The first-order valence-electron chi connectivity index (χ1n) is 11.5. The normalized spacial score (nSPS) is 15.0. The number of pyridine rings is 1. The van der Waals surface area contributed by atoms with Gasteiger partial charge in [0, 0.05) is 29.9 Å². The number of ether oxygens (including phenoxy) is 1. The average Bonchev–Trinajstić information content (AvgIpc) is 3.48. The largest absolute Gasteiger partial charge is 0.481 e. The predicted molar refractivity (Wildman–Crippen MR) is 131 cm³/mol. The Kier molecular flexibility index (Phi) is 6.15. The van der Waals surface area contributed by atoms with Gasteiger partial charge in [-0.15, -0.1) is 0 Å². The molecule has 2 amide bonds. The molecule has 0 unspecified atom stereocenters. The Balaban J connectivity index is 1.47. The van der Waals surface area contributed by atoms with Crippen molar-refractivity contribution in [3.8, 4) is 23.1 Å². The van der Waals surface area contributed by atoms with Gasteiger partial charge in [0.1, 0.15) is 17.4 Å². The van der Waals surface area contributed by atoms with Gasteiger partial charge in [-0.3, -0.25) is 4.90 Å². The lowest BCUT2D eigenvalue weighted by molar-refractivity contribution is 0.255. The molecule has 2 aromatic heterocycles. The standard InChI is InChI=1S/C25H25N5O5S/c1-30-11-9-19-20(13-26)24(35-21(19)14-30)36(32,33)29-25(31)28-23-17-5-3-4-15(17)6-7-18(23)16-8-10-27-22(12-16)34-2/h6-8,10,12H,3-5,9,11,14H2,1-2H3,(H2,28,29,31). The molecule has 2 N–H and O–H groups in total. The summed E-state index contributed by atoms with van der Waals surface area (Å²) in [7, 11) is -1.04. The third-order valence-corrected chi connectivity index (χ3v) is 7.80. The lowest BCUT2D eigenvalue weighted by Gasteiger charge is -2.20. The molecule has 0 bridgehead atoms. The van der Waals surface area contributed by atoms with E-state index in [9.17, 15) is 18.5 Å². The number of hydrogen-bond acceptors (Lipinski definition) is 8. The number of benzene rings is 1. The summed E-state index contributed by atoms with van der Waals surface area (Å²) in [6, 6.07) is 8.47. The van der Waals surface area contributed by atoms with E-state index >= 15 is 0 Å². The Bertz CT molecular complexity index is 1510. The first kappa shape index (κ1) is 23.8. The van der Waals surface area contributed by atoms with Crippen molar-refractivity contribution in [1.29, 1.82) is 5.26 Å². The number of anilines is 1. The highest BCUT2D eigenvalue weighted by molar-refractivity contribution is 7.90. The van der Waals surface area contributed by atoms with E-state index < -0.39 is 21.1 Å². The van der Waals surface area contributed by atoms with E-state index in [1.54, 1.807) is 18.3 Å². The first-order chi connectivity index (χ1) is 17.3. The number of amides is 2. The molecular formula is C25H25N5O5S. The van der Waals surface area contributed by atoms with Gasteiger partial charge >= 0.3 is 6.03 Å². The van der Waals surface area contributed by atoms with Crippen molar-refractivity contribution in [1.82, 2.24) is 14.6 Å². The minimum absolute atomic E-state index is 0.0522. The lowest BCUT2D eigenvalue weighted by Crippen LogP contribution is -2.35. The zero-order chi connectivity index (χ0) is 25.4. The van der Waals surface area contributed by atoms with Gasteiger partial charge in [-0.05, 0) is 55.5 Å². The molecular weight excluding hydrogens is 482 g/mol. The third kappa shape index (κ3) is 4.29. The number of carbonyl (C=O) groups is 1. The number of aromatic nitrogens is 1. The van der Waals surface area contributed by atoms with E-state index in [1.807, 2.05) is 34.9 Å². The van der Waals surface area contributed by atoms with E-state index in [2.05, 4.69) is 10.3 Å². The van der Waals surface area contributed by atoms with Gasteiger partial charge in [-0.25, -0.2) is 14.5 Å². The van der Waals surface area contributed by atoms with Gasteiger partial charge in [0.05, 0.1) is 19.3 Å². The fourth-order valence-corrected chi connectivity index (χ4v) is 5.89. The molecule has 0 fully saturated rings. The molecule has 2 aliphatic rings. The summed E-state index contributed by atoms with van der Waals surface area (Å²) in [6.07, 6.45) is 4.67. The number of fused-ring (bicyclic) bond motifs is 2. The lowest BCUT2D eigenvalue weighted by atomic mass is 9.98. The number of furan rings is 1. The molecule has 1 aliphatic heterocycles. The zero-order valence-corrected chi connectivity index (χ0v) is 20.7. The Hall–Kier alpha value is -3.88. The number of likely N-dealkylation sites (N-methyl/N-ethyl adjacent to an activating group) is 1. The van der Waals surface area contributed by atoms with Gasteiger partial charge in [0.25, 0.3) is 15.1 Å². The number of hydrogen-bond donors (Lipinski definition) is 2. The molecule has 3 aromatic rings. The van der Waals surface area contributed by atoms with E-state index in [1.165, 1.54) is 7.11 Å². The monoisotopic (exact) mass is 507 g/mol. The number of carbonyl (C=O) groups excluding carboxylic acids is 1. The number of nitrogens with one attached hydrogen (secondary N) is 2. The topological polar surface area (TPSA) is 138 Å². The van der Waals surface area contributed by atoms with Crippen LogP contribution in [-0.2, 0) is 35.8 Å². The van der Waals surface area contributed by atoms with E-state index in [-0.39, 0.29) is 5.56 Å². The molecule has 11 heteroatoms. The summed E-state index contributed by atoms with van der Waals surface area (Å²) >= 11 is 0. The van der Waals surface area contributed by atoms with Crippen LogP contribution in [0.2, 0.25) is 0 Å². The quantitative estimate of drug-likeness (QED) is 0.537. The second kappa shape index (κ2) is 9.29. The minimum atomic E-state index is -4.44. The summed E-state index contributed by atoms with van der Waals surface area (Å²) in [5, 5.41) is 11.9. The molecule has 0 spiro atoms. The molecule has 0 saturated carbocycles. The van der Waals surface area contributed by atoms with E-state index in [0.29, 0.717) is 42.4 Å². The highest BCUT2D eigenvalue weighted by atomic mass is 32.2. The second-order valence-electron chi connectivity index (χ2n) is 8.89. The van der Waals surface area contributed by atoms with Crippen molar-refractivity contribution >= 4 is 21.7 Å². The summed E-state index contributed by atoms with van der Waals surface area (Å²) < 4.78 is 39.1.